The molecule has 1 aliphatic heterocycles. The lowest BCUT2D eigenvalue weighted by atomic mass is 10.1. The predicted molar refractivity (Wildman–Crippen MR) is 103 cm³/mol. The van der Waals surface area contributed by atoms with E-state index in [-0.39, 0.29) is 16.7 Å². The Kier molecular flexibility index (Phi) is 4.47. The first-order valence-corrected chi connectivity index (χ1v) is 9.22. The summed E-state index contributed by atoms with van der Waals surface area (Å²) in [7, 11) is 0. The minimum Gasteiger partial charge on any atom is -0.346 e. The van der Waals surface area contributed by atoms with Crippen LogP contribution in [0.2, 0.25) is 0 Å². The Hall–Kier alpha value is -3.03. The molecule has 0 saturated carbocycles. The molecule has 1 aliphatic rings. The van der Waals surface area contributed by atoms with E-state index in [1.165, 1.54) is 6.07 Å². The van der Waals surface area contributed by atoms with Gasteiger partial charge in [-0.05, 0) is 37.0 Å². The summed E-state index contributed by atoms with van der Waals surface area (Å²) in [6.45, 7) is 6.16. The molecule has 8 heteroatoms. The van der Waals surface area contributed by atoms with Crippen LogP contribution >= 0.6 is 0 Å². The van der Waals surface area contributed by atoms with Gasteiger partial charge in [0.1, 0.15) is 12.1 Å². The summed E-state index contributed by atoms with van der Waals surface area (Å²) in [4.78, 5) is 17.6. The molecule has 0 amide bonds. The van der Waals surface area contributed by atoms with Gasteiger partial charge in [-0.3, -0.25) is 10.1 Å². The number of nitro benzene ring substituents is 1. The lowest BCUT2D eigenvalue weighted by molar-refractivity contribution is -0.384. The molecule has 3 aromatic rings. The number of anilines is 1. The number of pyridine rings is 1. The quantitative estimate of drug-likeness (QED) is 0.505. The maximum absolute atomic E-state index is 11.0. The molecule has 0 bridgehead atoms. The highest BCUT2D eigenvalue weighted by atomic mass is 16.6. The van der Waals surface area contributed by atoms with Crippen LogP contribution in [-0.2, 0) is 6.54 Å². The molecule has 140 valence electrons. The van der Waals surface area contributed by atoms with Gasteiger partial charge in [-0.2, -0.15) is 0 Å². The number of benzene rings is 1. The molecule has 4 rings (SSSR count). The Morgan fingerprint density at radius 2 is 2.15 bits per heavy atom. The van der Waals surface area contributed by atoms with E-state index in [9.17, 15) is 10.1 Å². The summed E-state index contributed by atoms with van der Waals surface area (Å²) in [5.41, 5.74) is 0.838. The maximum Gasteiger partial charge on any atom is 0.270 e. The molecule has 0 radical (unpaired) electrons. The van der Waals surface area contributed by atoms with Gasteiger partial charge in [0.2, 0.25) is 0 Å². The lowest BCUT2D eigenvalue weighted by Gasteiger charge is -2.26. The zero-order valence-corrected chi connectivity index (χ0v) is 15.4. The first-order valence-electron chi connectivity index (χ1n) is 9.22. The van der Waals surface area contributed by atoms with Gasteiger partial charge < -0.3 is 9.47 Å². The van der Waals surface area contributed by atoms with Crippen LogP contribution in [-0.4, -0.2) is 31.2 Å². The Morgan fingerprint density at radius 3 is 2.93 bits per heavy atom. The summed E-state index contributed by atoms with van der Waals surface area (Å²) in [5.74, 6) is 2.37. The normalized spacial score (nSPS) is 17.1. The largest absolute Gasteiger partial charge is 0.346 e. The minimum absolute atomic E-state index is 0.0814. The van der Waals surface area contributed by atoms with Crippen LogP contribution in [0.5, 0.6) is 0 Å². The van der Waals surface area contributed by atoms with Gasteiger partial charge in [-0.25, -0.2) is 4.98 Å². The summed E-state index contributed by atoms with van der Waals surface area (Å²) in [5, 5.41) is 20.3. The third-order valence-electron chi connectivity index (χ3n) is 4.92. The van der Waals surface area contributed by atoms with Crippen molar-refractivity contribution in [1.82, 2.24) is 19.7 Å². The second-order valence-electron chi connectivity index (χ2n) is 7.39. The van der Waals surface area contributed by atoms with Gasteiger partial charge in [-0.15, -0.1) is 10.2 Å². The van der Waals surface area contributed by atoms with Crippen LogP contribution < -0.4 is 4.90 Å². The van der Waals surface area contributed by atoms with Crippen LogP contribution in [0.25, 0.3) is 10.9 Å². The van der Waals surface area contributed by atoms with Crippen LogP contribution in [0.1, 0.15) is 38.6 Å². The molecule has 0 aliphatic carbocycles. The zero-order chi connectivity index (χ0) is 19.0. The van der Waals surface area contributed by atoms with E-state index < -0.39 is 0 Å². The maximum atomic E-state index is 11.0. The van der Waals surface area contributed by atoms with Crippen molar-refractivity contribution in [3.05, 3.63) is 52.6 Å². The highest BCUT2D eigenvalue weighted by Gasteiger charge is 2.31. The van der Waals surface area contributed by atoms with Gasteiger partial charge in [0.25, 0.3) is 5.69 Å². The van der Waals surface area contributed by atoms with Gasteiger partial charge >= 0.3 is 0 Å². The number of fused-ring (bicyclic) bond motifs is 1. The topological polar surface area (TPSA) is 90.0 Å². The average Bonchev–Trinajstić information content (AvgIpc) is 3.29. The fourth-order valence-electron chi connectivity index (χ4n) is 3.74. The molecule has 0 N–H and O–H groups in total. The summed E-state index contributed by atoms with van der Waals surface area (Å²) in [6.07, 6.45) is 3.88. The smallest absolute Gasteiger partial charge is 0.270 e. The third-order valence-corrected chi connectivity index (χ3v) is 4.92. The molecule has 1 atom stereocenters. The number of hydrogen-bond donors (Lipinski definition) is 0. The van der Waals surface area contributed by atoms with E-state index in [1.54, 1.807) is 18.5 Å². The monoisotopic (exact) mass is 366 g/mol. The van der Waals surface area contributed by atoms with Crippen LogP contribution in [0, 0.1) is 16.0 Å². The van der Waals surface area contributed by atoms with Gasteiger partial charge in [-0.1, -0.05) is 13.8 Å². The van der Waals surface area contributed by atoms with Crippen LogP contribution in [0.15, 0.2) is 36.7 Å². The number of aromatic nitrogens is 4. The van der Waals surface area contributed by atoms with Crippen molar-refractivity contribution < 1.29 is 4.92 Å². The van der Waals surface area contributed by atoms with Gasteiger partial charge in [0, 0.05) is 30.6 Å². The zero-order valence-electron chi connectivity index (χ0n) is 15.4. The fraction of sp³-hybridized carbons (Fsp3) is 0.421. The molecule has 1 saturated heterocycles. The van der Waals surface area contributed by atoms with E-state index in [0.717, 1.165) is 48.5 Å². The minimum atomic E-state index is -0.384. The second kappa shape index (κ2) is 6.94. The standard InChI is InChI=1S/C19H22N6O2/c1-13(2)11-23-12-20-22-19(23)17-4-3-9-24(17)18-8-5-14-10-15(25(26)27)6-7-16(14)21-18/h5-8,10,12-13,17H,3-4,9,11H2,1-2H3. The number of non-ortho nitro benzene ring substituents is 1. The Bertz CT molecular complexity index is 983. The van der Waals surface area contributed by atoms with Crippen molar-refractivity contribution in [3.8, 4) is 0 Å². The Morgan fingerprint density at radius 1 is 1.30 bits per heavy atom. The first-order chi connectivity index (χ1) is 13.0. The van der Waals surface area contributed by atoms with Crippen molar-refractivity contribution in [2.75, 3.05) is 11.4 Å². The SMILES string of the molecule is CC(C)Cn1cnnc1C1CCCN1c1ccc2cc([N+](=O)[O-])ccc2n1. The fourth-order valence-corrected chi connectivity index (χ4v) is 3.74. The van der Waals surface area contributed by atoms with Gasteiger partial charge in [0.05, 0.1) is 16.5 Å². The Balaban J connectivity index is 1.67. The third kappa shape index (κ3) is 3.34. The first kappa shape index (κ1) is 17.4. The predicted octanol–water partition coefficient (Wildman–Crippen LogP) is 3.73. The van der Waals surface area contributed by atoms with Crippen molar-refractivity contribution in [2.45, 2.75) is 39.3 Å². The number of nitro groups is 1. The van der Waals surface area contributed by atoms with Crippen LogP contribution in [0.4, 0.5) is 11.5 Å². The van der Waals surface area contributed by atoms with E-state index in [2.05, 4.69) is 33.5 Å². The molecule has 1 fully saturated rings. The number of nitrogens with zero attached hydrogens (tertiary/aromatic N) is 6. The average molecular weight is 366 g/mol. The number of rotatable bonds is 5. The molecule has 27 heavy (non-hydrogen) atoms. The molecule has 2 aromatic heterocycles. The molecule has 1 aromatic carbocycles. The molecule has 1 unspecified atom stereocenters. The molecular formula is C19H22N6O2. The summed E-state index contributed by atoms with van der Waals surface area (Å²) in [6, 6.07) is 8.76. The van der Waals surface area contributed by atoms with E-state index >= 15 is 0 Å². The molecule has 8 nitrogen and oxygen atoms in total. The highest BCUT2D eigenvalue weighted by molar-refractivity contribution is 5.82. The van der Waals surface area contributed by atoms with Crippen molar-refractivity contribution in [1.29, 1.82) is 0 Å². The van der Waals surface area contributed by atoms with E-state index in [1.807, 2.05) is 12.1 Å². The van der Waals surface area contributed by atoms with Crippen LogP contribution in [0.3, 0.4) is 0 Å². The van der Waals surface area contributed by atoms with E-state index in [0.29, 0.717) is 5.92 Å². The number of hydrogen-bond acceptors (Lipinski definition) is 6. The Labute approximate surface area is 157 Å². The summed E-state index contributed by atoms with van der Waals surface area (Å²) < 4.78 is 2.14. The van der Waals surface area contributed by atoms with E-state index in [4.69, 9.17) is 4.98 Å². The van der Waals surface area contributed by atoms with Crippen molar-refractivity contribution >= 4 is 22.4 Å². The van der Waals surface area contributed by atoms with Gasteiger partial charge in [0.15, 0.2) is 5.82 Å². The van der Waals surface area contributed by atoms with Crippen molar-refractivity contribution in [3.63, 3.8) is 0 Å². The van der Waals surface area contributed by atoms with Crippen molar-refractivity contribution in [2.24, 2.45) is 5.92 Å². The lowest BCUT2D eigenvalue weighted by Crippen LogP contribution is -2.26. The summed E-state index contributed by atoms with van der Waals surface area (Å²) >= 11 is 0. The molecular weight excluding hydrogens is 344 g/mol. The molecule has 3 heterocycles. The highest BCUT2D eigenvalue weighted by Crippen LogP contribution is 2.35. The second-order valence-corrected chi connectivity index (χ2v) is 7.39. The molecule has 0 spiro atoms.